The van der Waals surface area contributed by atoms with Crippen molar-refractivity contribution in [2.24, 2.45) is 0 Å². The summed E-state index contributed by atoms with van der Waals surface area (Å²) in [4.78, 5) is 0. The van der Waals surface area contributed by atoms with E-state index in [1.165, 1.54) is 11.1 Å². The van der Waals surface area contributed by atoms with Crippen LogP contribution in [0.2, 0.25) is 0 Å². The number of rotatable bonds is 6. The molecule has 0 aliphatic heterocycles. The highest BCUT2D eigenvalue weighted by Gasteiger charge is 1.98. The first-order valence-corrected chi connectivity index (χ1v) is 5.05. The van der Waals surface area contributed by atoms with E-state index in [9.17, 15) is 0 Å². The average Bonchev–Trinajstić information content (AvgIpc) is 2.23. The van der Waals surface area contributed by atoms with Crippen LogP contribution in [-0.2, 0) is 0 Å². The third-order valence-electron chi connectivity index (χ3n) is 2.09. The molecule has 0 aliphatic carbocycles. The molecule has 0 heterocycles. The molecule has 0 amide bonds. The Morgan fingerprint density at radius 1 is 1.29 bits per heavy atom. The van der Waals surface area contributed by atoms with Crippen molar-refractivity contribution in [1.29, 1.82) is 0 Å². The van der Waals surface area contributed by atoms with Crippen LogP contribution < -0.4 is 5.32 Å². The van der Waals surface area contributed by atoms with Gasteiger partial charge in [0.1, 0.15) is 0 Å². The van der Waals surface area contributed by atoms with Gasteiger partial charge in [0.2, 0.25) is 0 Å². The fourth-order valence-corrected chi connectivity index (χ4v) is 1.28. The Hall–Kier alpha value is -1.08. The molecule has 0 saturated carbocycles. The smallest absolute Gasteiger partial charge is 0.00113 e. The van der Waals surface area contributed by atoms with E-state index >= 15 is 0 Å². The van der Waals surface area contributed by atoms with Gasteiger partial charge in [-0.05, 0) is 45.0 Å². The number of hydrogen-bond donors (Lipinski definition) is 1. The molecule has 0 saturated heterocycles. The summed E-state index contributed by atoms with van der Waals surface area (Å²) < 4.78 is 0. The van der Waals surface area contributed by atoms with Crippen LogP contribution in [-0.4, -0.2) is 13.6 Å². The second-order valence-electron chi connectivity index (χ2n) is 3.01. The summed E-state index contributed by atoms with van der Waals surface area (Å²) in [5.41, 5.74) is 2.66. The maximum atomic E-state index is 3.67. The topological polar surface area (TPSA) is 12.0 Å². The van der Waals surface area contributed by atoms with Crippen LogP contribution in [0.25, 0.3) is 0 Å². The lowest BCUT2D eigenvalue weighted by Crippen LogP contribution is -2.08. The summed E-state index contributed by atoms with van der Waals surface area (Å²) in [6.07, 6.45) is 11.2. The van der Waals surface area contributed by atoms with Gasteiger partial charge in [-0.3, -0.25) is 0 Å². The fraction of sp³-hybridized carbons (Fsp3) is 0.385. The van der Waals surface area contributed by atoms with E-state index in [1.54, 1.807) is 6.08 Å². The molecule has 1 nitrogen and oxygen atoms in total. The zero-order valence-electron chi connectivity index (χ0n) is 9.51. The normalized spacial score (nSPS) is 13.6. The lowest BCUT2D eigenvalue weighted by atomic mass is 10.0. The van der Waals surface area contributed by atoms with Gasteiger partial charge < -0.3 is 5.32 Å². The minimum absolute atomic E-state index is 1.01. The summed E-state index contributed by atoms with van der Waals surface area (Å²) in [7, 11) is 1.97. The predicted molar refractivity (Wildman–Crippen MR) is 65.4 cm³/mol. The molecular weight excluding hydrogens is 170 g/mol. The third kappa shape index (κ3) is 4.83. The molecule has 0 spiro atoms. The molecule has 0 aliphatic rings. The van der Waals surface area contributed by atoms with Crippen molar-refractivity contribution in [3.8, 4) is 0 Å². The van der Waals surface area contributed by atoms with Gasteiger partial charge in [-0.25, -0.2) is 0 Å². The number of nitrogens with one attached hydrogen (secondary N) is 1. The Morgan fingerprint density at radius 3 is 2.43 bits per heavy atom. The van der Waals surface area contributed by atoms with Gasteiger partial charge >= 0.3 is 0 Å². The van der Waals surface area contributed by atoms with E-state index in [0.717, 1.165) is 13.0 Å². The molecule has 0 unspecified atom stereocenters. The number of allylic oxidation sites excluding steroid dienone is 6. The molecule has 0 aromatic carbocycles. The first-order valence-electron chi connectivity index (χ1n) is 5.05. The van der Waals surface area contributed by atoms with Gasteiger partial charge in [0, 0.05) is 0 Å². The van der Waals surface area contributed by atoms with Crippen LogP contribution in [0.15, 0.2) is 48.1 Å². The fourth-order valence-electron chi connectivity index (χ4n) is 1.28. The molecule has 0 aromatic heterocycles. The maximum Gasteiger partial charge on any atom is -0.00113 e. The standard InChI is InChI=1S/C13H21N/c1-5-8-9-12(6-2)13(7-3)10-11-14-4/h5-9,14H,1,10-11H2,2-4H3/b9-8-,12-6+,13-7+. The first kappa shape index (κ1) is 12.9. The highest BCUT2D eigenvalue weighted by Crippen LogP contribution is 2.14. The average molecular weight is 191 g/mol. The largest absolute Gasteiger partial charge is 0.319 e. The molecule has 0 atom stereocenters. The number of hydrogen-bond acceptors (Lipinski definition) is 1. The van der Waals surface area contributed by atoms with Gasteiger partial charge in [0.05, 0.1) is 0 Å². The molecule has 0 bridgehead atoms. The minimum atomic E-state index is 1.01. The second-order valence-corrected chi connectivity index (χ2v) is 3.01. The van der Waals surface area contributed by atoms with E-state index < -0.39 is 0 Å². The van der Waals surface area contributed by atoms with Crippen molar-refractivity contribution < 1.29 is 0 Å². The monoisotopic (exact) mass is 191 g/mol. The van der Waals surface area contributed by atoms with Crippen LogP contribution in [0.4, 0.5) is 0 Å². The molecule has 0 rings (SSSR count). The van der Waals surface area contributed by atoms with Gasteiger partial charge in [-0.1, -0.05) is 37.0 Å². The molecular formula is C13H21N. The van der Waals surface area contributed by atoms with Crippen molar-refractivity contribution in [3.05, 3.63) is 48.1 Å². The Bertz CT molecular complexity index is 244. The summed E-state index contributed by atoms with van der Waals surface area (Å²) in [5.74, 6) is 0. The highest BCUT2D eigenvalue weighted by atomic mass is 14.8. The minimum Gasteiger partial charge on any atom is -0.319 e. The Balaban J connectivity index is 4.48. The van der Waals surface area contributed by atoms with E-state index in [2.05, 4.69) is 44.0 Å². The van der Waals surface area contributed by atoms with Gasteiger partial charge in [-0.2, -0.15) is 0 Å². The summed E-state index contributed by atoms with van der Waals surface area (Å²) in [6, 6.07) is 0. The van der Waals surface area contributed by atoms with Gasteiger partial charge in [-0.15, -0.1) is 0 Å². The van der Waals surface area contributed by atoms with Crippen LogP contribution >= 0.6 is 0 Å². The van der Waals surface area contributed by atoms with E-state index in [0.29, 0.717) is 0 Å². The van der Waals surface area contributed by atoms with Gasteiger partial charge in [0.15, 0.2) is 0 Å². The summed E-state index contributed by atoms with van der Waals surface area (Å²) >= 11 is 0. The summed E-state index contributed by atoms with van der Waals surface area (Å²) in [5, 5.41) is 3.16. The molecule has 0 fully saturated rings. The highest BCUT2D eigenvalue weighted by molar-refractivity contribution is 5.40. The van der Waals surface area contributed by atoms with Crippen LogP contribution in [0, 0.1) is 0 Å². The van der Waals surface area contributed by atoms with Gasteiger partial charge in [0.25, 0.3) is 0 Å². The first-order chi connectivity index (χ1) is 6.79. The predicted octanol–water partition coefficient (Wildman–Crippen LogP) is 3.23. The van der Waals surface area contributed by atoms with Crippen molar-refractivity contribution in [3.63, 3.8) is 0 Å². The van der Waals surface area contributed by atoms with Crippen molar-refractivity contribution >= 4 is 0 Å². The summed E-state index contributed by atoms with van der Waals surface area (Å²) in [6.45, 7) is 8.82. The lowest BCUT2D eigenvalue weighted by Gasteiger charge is -2.07. The molecule has 14 heavy (non-hydrogen) atoms. The Labute approximate surface area is 87.9 Å². The molecule has 0 radical (unpaired) electrons. The molecule has 1 N–H and O–H groups in total. The Morgan fingerprint density at radius 2 is 2.00 bits per heavy atom. The molecule has 78 valence electrons. The van der Waals surface area contributed by atoms with Crippen molar-refractivity contribution in [2.75, 3.05) is 13.6 Å². The third-order valence-corrected chi connectivity index (χ3v) is 2.09. The molecule has 1 heteroatoms. The van der Waals surface area contributed by atoms with E-state index in [4.69, 9.17) is 0 Å². The van der Waals surface area contributed by atoms with Crippen molar-refractivity contribution in [1.82, 2.24) is 5.32 Å². The lowest BCUT2D eigenvalue weighted by molar-refractivity contribution is 0.790. The van der Waals surface area contributed by atoms with Crippen LogP contribution in [0.3, 0.4) is 0 Å². The van der Waals surface area contributed by atoms with E-state index in [-0.39, 0.29) is 0 Å². The van der Waals surface area contributed by atoms with Crippen LogP contribution in [0.5, 0.6) is 0 Å². The second kappa shape index (κ2) is 8.52. The molecule has 0 aromatic rings. The van der Waals surface area contributed by atoms with Crippen LogP contribution in [0.1, 0.15) is 20.3 Å². The van der Waals surface area contributed by atoms with E-state index in [1.807, 2.05) is 13.1 Å². The quantitative estimate of drug-likeness (QED) is 0.636. The zero-order valence-corrected chi connectivity index (χ0v) is 9.51. The Kier molecular flexibility index (Phi) is 7.86. The zero-order chi connectivity index (χ0) is 10.8. The maximum absolute atomic E-state index is 3.67. The van der Waals surface area contributed by atoms with Crippen molar-refractivity contribution in [2.45, 2.75) is 20.3 Å². The SMILES string of the molecule is C=C\C=C/C(=C\C)C(=C/C)/CCNC.